The summed E-state index contributed by atoms with van der Waals surface area (Å²) in [6.45, 7) is 0. The maximum atomic E-state index is 2.44. The lowest BCUT2D eigenvalue weighted by Crippen LogP contribution is -2.12. The van der Waals surface area contributed by atoms with Crippen molar-refractivity contribution in [2.45, 2.75) is 0 Å². The Morgan fingerprint density at radius 2 is 0.419 bits per heavy atom. The monoisotopic (exact) mass is 942 g/mol. The molecule has 2 aromatic heterocycles. The Morgan fingerprint density at radius 1 is 0.189 bits per heavy atom. The molecule has 0 N–H and O–H groups in total. The average molecular weight is 943 g/mol. The van der Waals surface area contributed by atoms with Gasteiger partial charge in [-0.25, -0.2) is 0 Å². The molecule has 15 rings (SSSR count). The van der Waals surface area contributed by atoms with E-state index in [-0.39, 0.29) is 0 Å². The molecule has 4 heteroatoms. The molecule has 346 valence electrons. The van der Waals surface area contributed by atoms with Crippen molar-refractivity contribution in [1.82, 2.24) is 9.13 Å². The number of aromatic nitrogens is 2. The van der Waals surface area contributed by atoms with Crippen LogP contribution in [0.2, 0.25) is 0 Å². The van der Waals surface area contributed by atoms with E-state index in [0.717, 1.165) is 45.5 Å². The molecule has 0 amide bonds. The minimum absolute atomic E-state index is 1.07. The van der Waals surface area contributed by atoms with Gasteiger partial charge in [0.05, 0.1) is 22.1 Å². The van der Waals surface area contributed by atoms with Crippen molar-refractivity contribution in [1.29, 1.82) is 0 Å². The molecule has 0 saturated carbocycles. The molecule has 15 aromatic rings. The van der Waals surface area contributed by atoms with Gasteiger partial charge in [0.2, 0.25) is 0 Å². The highest BCUT2D eigenvalue weighted by molar-refractivity contribution is 6.30. The van der Waals surface area contributed by atoms with Crippen LogP contribution in [0.5, 0.6) is 0 Å². The molecule has 0 fully saturated rings. The number of fused-ring (bicyclic) bond motifs is 14. The van der Waals surface area contributed by atoms with E-state index in [2.05, 4.69) is 298 Å². The van der Waals surface area contributed by atoms with Crippen LogP contribution in [0.25, 0.3) is 98.1 Å². The van der Waals surface area contributed by atoms with Crippen LogP contribution in [0.15, 0.2) is 279 Å². The minimum atomic E-state index is 1.07. The summed E-state index contributed by atoms with van der Waals surface area (Å²) in [5.41, 5.74) is 13.5. The summed E-state index contributed by atoms with van der Waals surface area (Å²) < 4.78 is 4.87. The summed E-state index contributed by atoms with van der Waals surface area (Å²) >= 11 is 0. The zero-order valence-corrected chi connectivity index (χ0v) is 40.3. The van der Waals surface area contributed by atoms with Crippen LogP contribution in [0.1, 0.15) is 0 Å². The van der Waals surface area contributed by atoms with Crippen LogP contribution >= 0.6 is 0 Å². The zero-order valence-electron chi connectivity index (χ0n) is 40.3. The molecule has 0 unspecified atom stereocenters. The highest BCUT2D eigenvalue weighted by Crippen LogP contribution is 2.45. The van der Waals surface area contributed by atoms with E-state index in [4.69, 9.17) is 0 Å². The van der Waals surface area contributed by atoms with Gasteiger partial charge < -0.3 is 18.9 Å². The van der Waals surface area contributed by atoms with Crippen LogP contribution in [-0.2, 0) is 0 Å². The van der Waals surface area contributed by atoms with Gasteiger partial charge in [0, 0.05) is 67.0 Å². The second kappa shape index (κ2) is 16.9. The van der Waals surface area contributed by atoms with Crippen LogP contribution < -0.4 is 9.80 Å². The lowest BCUT2D eigenvalue weighted by Gasteiger charge is -2.28. The third-order valence-corrected chi connectivity index (χ3v) is 15.2. The van der Waals surface area contributed by atoms with E-state index in [0.29, 0.717) is 0 Å². The fourth-order valence-electron chi connectivity index (χ4n) is 12.0. The van der Waals surface area contributed by atoms with Gasteiger partial charge in [-0.3, -0.25) is 0 Å². The Balaban J connectivity index is 0.817. The third-order valence-electron chi connectivity index (χ3n) is 15.2. The molecule has 4 nitrogen and oxygen atoms in total. The number of hydrogen-bond acceptors (Lipinski definition) is 2. The number of para-hydroxylation sites is 2. The lowest BCUT2D eigenvalue weighted by atomic mass is 10.00. The molecule has 0 aliphatic rings. The van der Waals surface area contributed by atoms with Crippen LogP contribution in [0.3, 0.4) is 0 Å². The molecule has 0 bridgehead atoms. The van der Waals surface area contributed by atoms with Crippen LogP contribution in [0, 0.1) is 0 Å². The largest absolute Gasteiger partial charge is 0.311 e. The fraction of sp³-hybridized carbons (Fsp3) is 0. The van der Waals surface area contributed by atoms with Gasteiger partial charge >= 0.3 is 0 Å². The normalized spacial score (nSPS) is 11.8. The molecule has 0 saturated heterocycles. The molecular formula is C70H46N4. The number of rotatable bonds is 8. The predicted octanol–water partition coefficient (Wildman–Crippen LogP) is 19.4. The van der Waals surface area contributed by atoms with Crippen molar-refractivity contribution in [3.05, 3.63) is 279 Å². The van der Waals surface area contributed by atoms with Gasteiger partial charge in [0.25, 0.3) is 0 Å². The van der Waals surface area contributed by atoms with Crippen molar-refractivity contribution < 1.29 is 0 Å². The SMILES string of the molecule is c1ccc(N(c2ccc(N(c3ccccc3)c3ccc(-n4c5ccc6ccccc6c5c5c6ccccc6ccc54)cc3)cc2)c2ccc(-n3c4ccc5ccccc5c4c4c5ccccc5ccc43)cc2)cc1. The first kappa shape index (κ1) is 41.8. The summed E-state index contributed by atoms with van der Waals surface area (Å²) in [6, 6.07) is 102. The Bertz CT molecular complexity index is 4150. The van der Waals surface area contributed by atoms with E-state index in [1.165, 1.54) is 86.7 Å². The van der Waals surface area contributed by atoms with E-state index in [1.54, 1.807) is 0 Å². The van der Waals surface area contributed by atoms with Gasteiger partial charge in [-0.05, 0) is 164 Å². The quantitative estimate of drug-likeness (QED) is 0.151. The lowest BCUT2D eigenvalue weighted by molar-refractivity contribution is 1.17. The molecule has 0 atom stereocenters. The van der Waals surface area contributed by atoms with Crippen molar-refractivity contribution >= 4 is 121 Å². The molecule has 0 radical (unpaired) electrons. The Morgan fingerprint density at radius 3 is 0.703 bits per heavy atom. The Kier molecular flexibility index (Phi) is 9.54. The highest BCUT2D eigenvalue weighted by atomic mass is 15.2. The van der Waals surface area contributed by atoms with E-state index in [1.807, 2.05) is 0 Å². The topological polar surface area (TPSA) is 16.3 Å². The summed E-state index contributed by atoms with van der Waals surface area (Å²) in [7, 11) is 0. The van der Waals surface area contributed by atoms with Crippen molar-refractivity contribution in [3.63, 3.8) is 0 Å². The minimum Gasteiger partial charge on any atom is -0.311 e. The van der Waals surface area contributed by atoms with Crippen molar-refractivity contribution in [2.24, 2.45) is 0 Å². The molecule has 2 heterocycles. The number of hydrogen-bond donors (Lipinski definition) is 0. The third kappa shape index (κ3) is 6.55. The Labute approximate surface area is 428 Å². The number of nitrogens with zero attached hydrogens (tertiary/aromatic N) is 4. The maximum Gasteiger partial charge on any atom is 0.0547 e. The molecule has 0 aliphatic heterocycles. The smallest absolute Gasteiger partial charge is 0.0547 e. The second-order valence-corrected chi connectivity index (χ2v) is 19.3. The summed E-state index contributed by atoms with van der Waals surface area (Å²) in [5, 5.41) is 15.2. The molecule has 0 aliphatic carbocycles. The second-order valence-electron chi connectivity index (χ2n) is 19.3. The predicted molar refractivity (Wildman–Crippen MR) is 315 cm³/mol. The van der Waals surface area contributed by atoms with Crippen molar-refractivity contribution in [2.75, 3.05) is 9.80 Å². The fourth-order valence-corrected chi connectivity index (χ4v) is 12.0. The zero-order chi connectivity index (χ0) is 48.7. The van der Waals surface area contributed by atoms with Crippen LogP contribution in [0.4, 0.5) is 34.1 Å². The summed E-state index contributed by atoms with van der Waals surface area (Å²) in [4.78, 5) is 4.69. The van der Waals surface area contributed by atoms with Gasteiger partial charge in [-0.2, -0.15) is 0 Å². The van der Waals surface area contributed by atoms with Crippen molar-refractivity contribution in [3.8, 4) is 11.4 Å². The highest BCUT2D eigenvalue weighted by Gasteiger charge is 2.21. The van der Waals surface area contributed by atoms with E-state index in [9.17, 15) is 0 Å². The van der Waals surface area contributed by atoms with E-state index >= 15 is 0 Å². The van der Waals surface area contributed by atoms with Gasteiger partial charge in [0.1, 0.15) is 0 Å². The standard InChI is InChI=1S/C70H46N4/c1-3-19-51(20-4-1)71(55-35-39-57(40-36-55)73-63-43-27-47-15-7-11-23-59(47)67(63)68-60-24-12-8-16-48(60)28-44-64(68)73)53-31-33-54(34-32-53)72(52-21-5-2-6-22-52)56-37-41-58(42-38-56)74-65-45-29-49-17-9-13-25-61(49)69(65)70-62-26-14-10-18-50(62)30-46-66(70)74/h1-46H. The molecular weight excluding hydrogens is 897 g/mol. The molecule has 74 heavy (non-hydrogen) atoms. The van der Waals surface area contributed by atoms with Gasteiger partial charge in [0.15, 0.2) is 0 Å². The first-order valence-corrected chi connectivity index (χ1v) is 25.4. The van der Waals surface area contributed by atoms with Gasteiger partial charge in [-0.1, -0.05) is 158 Å². The first-order valence-electron chi connectivity index (χ1n) is 25.4. The molecule has 0 spiro atoms. The Hall–Kier alpha value is -9.90. The van der Waals surface area contributed by atoms with Gasteiger partial charge in [-0.15, -0.1) is 0 Å². The molecule has 13 aromatic carbocycles. The van der Waals surface area contributed by atoms with E-state index < -0.39 is 0 Å². The first-order chi connectivity index (χ1) is 36.7. The maximum absolute atomic E-state index is 2.44. The summed E-state index contributed by atoms with van der Waals surface area (Å²) in [5.74, 6) is 0. The van der Waals surface area contributed by atoms with Crippen LogP contribution in [-0.4, -0.2) is 9.13 Å². The average Bonchev–Trinajstić information content (AvgIpc) is 4.02. The summed E-state index contributed by atoms with van der Waals surface area (Å²) in [6.07, 6.45) is 0. The number of anilines is 6. The number of benzene rings is 13.